The number of aliphatic hydroxyl groups excluding tert-OH is 1. The summed E-state index contributed by atoms with van der Waals surface area (Å²) >= 11 is 1.66. The van der Waals surface area contributed by atoms with Crippen LogP contribution in [-0.4, -0.2) is 68.5 Å². The van der Waals surface area contributed by atoms with Crippen LogP contribution in [0.3, 0.4) is 0 Å². The number of benzene rings is 1. The van der Waals surface area contributed by atoms with Gasteiger partial charge in [-0.3, -0.25) is 14.4 Å². The normalized spacial score (nSPS) is 30.9. The highest BCUT2D eigenvalue weighted by Crippen LogP contribution is 2.66. The number of carbonyl (C=O) groups excluding carboxylic acids is 3. The summed E-state index contributed by atoms with van der Waals surface area (Å²) in [6, 6.07) is 8.46. The Hall–Kier alpha value is -2.06. The first-order valence-corrected chi connectivity index (χ1v) is 13.3. The topological polar surface area (TPSA) is 98.7 Å². The fourth-order valence-electron chi connectivity index (χ4n) is 6.03. The zero-order chi connectivity index (χ0) is 24.7. The molecule has 4 rings (SSSR count). The Morgan fingerprint density at radius 2 is 1.94 bits per heavy atom. The van der Waals surface area contributed by atoms with Gasteiger partial charge < -0.3 is 20.6 Å². The van der Waals surface area contributed by atoms with Gasteiger partial charge in [-0.2, -0.15) is 0 Å². The summed E-state index contributed by atoms with van der Waals surface area (Å²) in [5.74, 6) is -1.44. The number of nitrogens with one attached hydrogen (secondary N) is 2. The maximum atomic E-state index is 14.1. The van der Waals surface area contributed by atoms with Crippen molar-refractivity contribution >= 4 is 29.5 Å². The molecule has 0 aromatic heterocycles. The number of thioether (sulfide) groups is 1. The molecule has 3 saturated heterocycles. The zero-order valence-corrected chi connectivity index (χ0v) is 21.4. The van der Waals surface area contributed by atoms with E-state index in [1.807, 2.05) is 58.0 Å². The predicted octanol–water partition coefficient (Wildman–Crippen LogP) is 2.12. The van der Waals surface area contributed by atoms with Crippen molar-refractivity contribution in [3.63, 3.8) is 0 Å². The van der Waals surface area contributed by atoms with E-state index < -0.39 is 34.2 Å². The number of likely N-dealkylation sites (tertiary alicyclic amines) is 1. The summed E-state index contributed by atoms with van der Waals surface area (Å²) in [7, 11) is 0. The third-order valence-corrected chi connectivity index (χ3v) is 9.21. The molecule has 3 amide bonds. The zero-order valence-electron chi connectivity index (χ0n) is 20.5. The molecule has 3 fully saturated rings. The second-order valence-electron chi connectivity index (χ2n) is 10.9. The first-order chi connectivity index (χ1) is 16.1. The molecule has 2 unspecified atom stereocenters. The standard InChI is InChI=1S/C26H37N3O4S/c1-5-13-27-22(31)19-18-11-12-26(34-18)20(19)24(33)29(21(26)23(32)28-25(2,3)4)17(15-30)14-16-9-7-6-8-10-16/h6-10,17-21,30H,5,11-15H2,1-4H3,(H,27,31)(H,28,32)/t17-,18-,19+,20+,21?,26?/m1/s1. The molecule has 3 aliphatic rings. The summed E-state index contributed by atoms with van der Waals surface area (Å²) in [4.78, 5) is 42.6. The van der Waals surface area contributed by atoms with Gasteiger partial charge in [0.05, 0.1) is 29.2 Å². The Labute approximate surface area is 206 Å². The van der Waals surface area contributed by atoms with Gasteiger partial charge in [-0.1, -0.05) is 37.3 Å². The SMILES string of the molecule is CCCNC(=O)[C@@H]1[C@H]2C(=O)N([C@@H](CO)Cc3ccccc3)C(C(=O)NC(C)(C)C)C23CC[C@H]1S3. The first-order valence-electron chi connectivity index (χ1n) is 12.4. The highest BCUT2D eigenvalue weighted by molar-refractivity contribution is 8.02. The smallest absolute Gasteiger partial charge is 0.244 e. The summed E-state index contributed by atoms with van der Waals surface area (Å²) in [6.07, 6.45) is 2.81. The van der Waals surface area contributed by atoms with E-state index >= 15 is 0 Å². The number of aliphatic hydroxyl groups is 1. The van der Waals surface area contributed by atoms with E-state index in [0.29, 0.717) is 13.0 Å². The van der Waals surface area contributed by atoms with Crippen LogP contribution in [0.2, 0.25) is 0 Å². The summed E-state index contributed by atoms with van der Waals surface area (Å²) in [5, 5.41) is 16.5. The molecule has 3 heterocycles. The average molecular weight is 488 g/mol. The van der Waals surface area contributed by atoms with Crippen molar-refractivity contribution in [2.75, 3.05) is 13.2 Å². The van der Waals surface area contributed by atoms with Crippen LogP contribution in [0.1, 0.15) is 52.5 Å². The summed E-state index contributed by atoms with van der Waals surface area (Å²) in [6.45, 7) is 8.11. The summed E-state index contributed by atoms with van der Waals surface area (Å²) in [5.41, 5.74) is 0.529. The van der Waals surface area contributed by atoms with Crippen molar-refractivity contribution < 1.29 is 19.5 Å². The van der Waals surface area contributed by atoms with E-state index in [1.54, 1.807) is 16.7 Å². The minimum absolute atomic E-state index is 0.0413. The lowest BCUT2D eigenvalue weighted by Gasteiger charge is -2.38. The van der Waals surface area contributed by atoms with Crippen molar-refractivity contribution in [2.45, 2.75) is 81.0 Å². The van der Waals surface area contributed by atoms with Crippen LogP contribution in [0.25, 0.3) is 0 Å². The van der Waals surface area contributed by atoms with E-state index in [-0.39, 0.29) is 29.6 Å². The number of hydrogen-bond donors (Lipinski definition) is 3. The molecular formula is C26H37N3O4S. The minimum atomic E-state index is -0.718. The Morgan fingerprint density at radius 3 is 2.56 bits per heavy atom. The van der Waals surface area contributed by atoms with E-state index in [9.17, 15) is 19.5 Å². The third-order valence-electron chi connectivity index (χ3n) is 7.25. The minimum Gasteiger partial charge on any atom is -0.394 e. The van der Waals surface area contributed by atoms with Crippen molar-refractivity contribution in [3.05, 3.63) is 35.9 Å². The highest BCUT2D eigenvalue weighted by atomic mass is 32.2. The van der Waals surface area contributed by atoms with E-state index in [1.165, 1.54) is 0 Å². The number of carbonyl (C=O) groups is 3. The number of amides is 3. The van der Waals surface area contributed by atoms with Crippen molar-refractivity contribution in [2.24, 2.45) is 11.8 Å². The molecular weight excluding hydrogens is 450 g/mol. The Kier molecular flexibility index (Phi) is 7.02. The van der Waals surface area contributed by atoms with Crippen LogP contribution in [0, 0.1) is 11.8 Å². The van der Waals surface area contributed by atoms with Crippen molar-refractivity contribution in [3.8, 4) is 0 Å². The largest absolute Gasteiger partial charge is 0.394 e. The Morgan fingerprint density at radius 1 is 1.24 bits per heavy atom. The molecule has 0 saturated carbocycles. The fourth-order valence-corrected chi connectivity index (χ4v) is 8.23. The molecule has 1 aromatic carbocycles. The lowest BCUT2D eigenvalue weighted by molar-refractivity contribution is -0.143. The van der Waals surface area contributed by atoms with Gasteiger partial charge in [-0.15, -0.1) is 11.8 Å². The second-order valence-corrected chi connectivity index (χ2v) is 12.5. The third kappa shape index (κ3) is 4.35. The molecule has 1 spiro atoms. The van der Waals surface area contributed by atoms with Crippen LogP contribution in [-0.2, 0) is 20.8 Å². The van der Waals surface area contributed by atoms with Gasteiger partial charge in [0.15, 0.2) is 0 Å². The van der Waals surface area contributed by atoms with Gasteiger partial charge in [0.25, 0.3) is 0 Å². The first kappa shape index (κ1) is 25.0. The number of hydrogen-bond acceptors (Lipinski definition) is 5. The Bertz CT molecular complexity index is 934. The van der Waals surface area contributed by atoms with Gasteiger partial charge in [0.2, 0.25) is 17.7 Å². The number of nitrogens with zero attached hydrogens (tertiary/aromatic N) is 1. The Balaban J connectivity index is 1.73. The second kappa shape index (κ2) is 9.53. The molecule has 34 heavy (non-hydrogen) atoms. The van der Waals surface area contributed by atoms with E-state index in [2.05, 4.69) is 10.6 Å². The average Bonchev–Trinajstić information content (AvgIpc) is 3.42. The predicted molar refractivity (Wildman–Crippen MR) is 133 cm³/mol. The van der Waals surface area contributed by atoms with E-state index in [0.717, 1.165) is 24.8 Å². The monoisotopic (exact) mass is 487 g/mol. The maximum Gasteiger partial charge on any atom is 0.244 e. The van der Waals surface area contributed by atoms with Crippen molar-refractivity contribution in [1.29, 1.82) is 0 Å². The van der Waals surface area contributed by atoms with Gasteiger partial charge in [0.1, 0.15) is 6.04 Å². The van der Waals surface area contributed by atoms with Crippen LogP contribution in [0.4, 0.5) is 0 Å². The lowest BCUT2D eigenvalue weighted by Crippen LogP contribution is -2.59. The van der Waals surface area contributed by atoms with Crippen LogP contribution >= 0.6 is 11.8 Å². The molecule has 3 N–H and O–H groups in total. The molecule has 8 heteroatoms. The number of rotatable bonds is 8. The molecule has 0 aliphatic carbocycles. The van der Waals surface area contributed by atoms with Crippen molar-refractivity contribution in [1.82, 2.24) is 15.5 Å². The quantitative estimate of drug-likeness (QED) is 0.522. The van der Waals surface area contributed by atoms with Crippen LogP contribution < -0.4 is 10.6 Å². The molecule has 2 bridgehead atoms. The fraction of sp³-hybridized carbons (Fsp3) is 0.654. The molecule has 1 aromatic rings. The lowest BCUT2D eigenvalue weighted by atomic mass is 9.70. The van der Waals surface area contributed by atoms with Gasteiger partial charge in [-0.05, 0) is 52.0 Å². The van der Waals surface area contributed by atoms with E-state index in [4.69, 9.17) is 0 Å². The van der Waals surface area contributed by atoms with Gasteiger partial charge in [-0.25, -0.2) is 0 Å². The number of fused-ring (bicyclic) bond motifs is 1. The molecule has 0 radical (unpaired) electrons. The summed E-state index contributed by atoms with van der Waals surface area (Å²) < 4.78 is -0.643. The molecule has 3 aliphatic heterocycles. The van der Waals surface area contributed by atoms with Gasteiger partial charge >= 0.3 is 0 Å². The van der Waals surface area contributed by atoms with Gasteiger partial charge in [0, 0.05) is 17.3 Å². The molecule has 6 atom stereocenters. The molecule has 7 nitrogen and oxygen atoms in total. The van der Waals surface area contributed by atoms with Crippen LogP contribution in [0.5, 0.6) is 0 Å². The maximum absolute atomic E-state index is 14.1. The highest BCUT2D eigenvalue weighted by Gasteiger charge is 2.74. The van der Waals surface area contributed by atoms with Crippen LogP contribution in [0.15, 0.2) is 30.3 Å². The molecule has 186 valence electrons.